The summed E-state index contributed by atoms with van der Waals surface area (Å²) in [6.45, 7) is 5.63. The average molecular weight is 319 g/mol. The Balaban J connectivity index is 2.10. The van der Waals surface area contributed by atoms with Crippen LogP contribution >= 0.6 is 27.3 Å². The summed E-state index contributed by atoms with van der Waals surface area (Å²) in [5, 5.41) is 8.32. The van der Waals surface area contributed by atoms with Gasteiger partial charge in [0.15, 0.2) is 0 Å². The number of nitrogens with one attached hydrogen (secondary N) is 2. The third kappa shape index (κ3) is 6.19. The molecular formula is C12H19BrN2OS. The lowest BCUT2D eigenvalue weighted by Gasteiger charge is -2.11. The van der Waals surface area contributed by atoms with Crippen molar-refractivity contribution in [2.24, 2.45) is 0 Å². The molecule has 1 rings (SSSR count). The standard InChI is InChI=1S/C12H19BrN2OS/c1-3-9(2)15-12(16)4-5-14-7-10-6-11(13)17-8-10/h6,8-9,14H,3-5,7H2,1-2H3,(H,15,16). The van der Waals surface area contributed by atoms with Gasteiger partial charge in [-0.05, 0) is 46.3 Å². The molecule has 2 N–H and O–H groups in total. The molecule has 0 saturated carbocycles. The summed E-state index contributed by atoms with van der Waals surface area (Å²) in [5.74, 6) is 0.123. The number of halogens is 1. The normalized spacial score (nSPS) is 12.4. The van der Waals surface area contributed by atoms with E-state index < -0.39 is 0 Å². The van der Waals surface area contributed by atoms with E-state index in [1.165, 1.54) is 5.56 Å². The van der Waals surface area contributed by atoms with E-state index in [0.29, 0.717) is 6.42 Å². The fourth-order valence-corrected chi connectivity index (χ4v) is 2.53. The molecule has 0 aliphatic heterocycles. The van der Waals surface area contributed by atoms with Gasteiger partial charge in [0, 0.05) is 25.6 Å². The first-order valence-electron chi connectivity index (χ1n) is 5.84. The second-order valence-electron chi connectivity index (χ2n) is 4.06. The van der Waals surface area contributed by atoms with Crippen LogP contribution in [-0.2, 0) is 11.3 Å². The quantitative estimate of drug-likeness (QED) is 0.759. The molecule has 0 bridgehead atoms. The van der Waals surface area contributed by atoms with Gasteiger partial charge in [0.1, 0.15) is 0 Å². The lowest BCUT2D eigenvalue weighted by molar-refractivity contribution is -0.121. The van der Waals surface area contributed by atoms with Crippen LogP contribution in [-0.4, -0.2) is 18.5 Å². The van der Waals surface area contributed by atoms with Crippen LogP contribution in [0.3, 0.4) is 0 Å². The maximum Gasteiger partial charge on any atom is 0.221 e. The highest BCUT2D eigenvalue weighted by Crippen LogP contribution is 2.20. The minimum absolute atomic E-state index is 0.123. The summed E-state index contributed by atoms with van der Waals surface area (Å²) in [6, 6.07) is 2.37. The van der Waals surface area contributed by atoms with Gasteiger partial charge >= 0.3 is 0 Å². The molecule has 1 aromatic rings. The highest BCUT2D eigenvalue weighted by Gasteiger charge is 2.04. The third-order valence-electron chi connectivity index (χ3n) is 2.50. The molecule has 0 aromatic carbocycles. The van der Waals surface area contributed by atoms with Crippen molar-refractivity contribution in [2.45, 2.75) is 39.3 Å². The third-order valence-corrected chi connectivity index (χ3v) is 4.05. The second kappa shape index (κ2) is 7.84. The average Bonchev–Trinajstić information content (AvgIpc) is 2.70. The van der Waals surface area contributed by atoms with Gasteiger partial charge in [-0.15, -0.1) is 11.3 Å². The number of thiophene rings is 1. The van der Waals surface area contributed by atoms with Crippen molar-refractivity contribution in [1.29, 1.82) is 0 Å². The molecule has 1 unspecified atom stereocenters. The minimum atomic E-state index is 0.123. The summed E-state index contributed by atoms with van der Waals surface area (Å²) < 4.78 is 1.14. The molecule has 0 saturated heterocycles. The lowest BCUT2D eigenvalue weighted by atomic mass is 10.2. The maximum absolute atomic E-state index is 11.5. The van der Waals surface area contributed by atoms with Gasteiger partial charge in [0.2, 0.25) is 5.91 Å². The Hall–Kier alpha value is -0.390. The predicted octanol–water partition coefficient (Wildman–Crippen LogP) is 2.91. The van der Waals surface area contributed by atoms with Crippen molar-refractivity contribution < 1.29 is 4.79 Å². The van der Waals surface area contributed by atoms with Crippen molar-refractivity contribution >= 4 is 33.2 Å². The van der Waals surface area contributed by atoms with Crippen LogP contribution in [0.4, 0.5) is 0 Å². The summed E-state index contributed by atoms with van der Waals surface area (Å²) in [6.07, 6.45) is 1.51. The summed E-state index contributed by atoms with van der Waals surface area (Å²) in [5.41, 5.74) is 1.25. The highest BCUT2D eigenvalue weighted by molar-refractivity contribution is 9.11. The molecule has 96 valence electrons. The van der Waals surface area contributed by atoms with Gasteiger partial charge in [0.05, 0.1) is 3.79 Å². The zero-order valence-corrected chi connectivity index (χ0v) is 12.7. The zero-order chi connectivity index (χ0) is 12.7. The SMILES string of the molecule is CCC(C)NC(=O)CCNCc1csc(Br)c1. The second-order valence-corrected chi connectivity index (χ2v) is 6.35. The lowest BCUT2D eigenvalue weighted by Crippen LogP contribution is -2.33. The Labute approximate surface area is 115 Å². The summed E-state index contributed by atoms with van der Waals surface area (Å²) in [7, 11) is 0. The van der Waals surface area contributed by atoms with E-state index >= 15 is 0 Å². The Bertz CT molecular complexity index is 354. The topological polar surface area (TPSA) is 41.1 Å². The highest BCUT2D eigenvalue weighted by atomic mass is 79.9. The molecule has 0 aliphatic rings. The van der Waals surface area contributed by atoms with Crippen molar-refractivity contribution in [2.75, 3.05) is 6.54 Å². The molecule has 5 heteroatoms. The van der Waals surface area contributed by atoms with Crippen molar-refractivity contribution in [3.63, 3.8) is 0 Å². The first-order chi connectivity index (χ1) is 8.11. The van der Waals surface area contributed by atoms with Crippen LogP contribution in [0.25, 0.3) is 0 Å². The Kier molecular flexibility index (Phi) is 6.77. The van der Waals surface area contributed by atoms with Crippen molar-refractivity contribution in [3.05, 3.63) is 20.8 Å². The van der Waals surface area contributed by atoms with E-state index in [-0.39, 0.29) is 11.9 Å². The first kappa shape index (κ1) is 14.7. The van der Waals surface area contributed by atoms with Crippen LogP contribution in [0.1, 0.15) is 32.3 Å². The van der Waals surface area contributed by atoms with Crippen LogP contribution in [0.2, 0.25) is 0 Å². The van der Waals surface area contributed by atoms with E-state index in [2.05, 4.69) is 44.9 Å². The summed E-state index contributed by atoms with van der Waals surface area (Å²) >= 11 is 5.10. The smallest absolute Gasteiger partial charge is 0.221 e. The van der Waals surface area contributed by atoms with Gasteiger partial charge in [-0.3, -0.25) is 4.79 Å². The molecule has 1 amide bonds. The van der Waals surface area contributed by atoms with Gasteiger partial charge in [-0.1, -0.05) is 6.92 Å². The monoisotopic (exact) mass is 318 g/mol. The van der Waals surface area contributed by atoms with E-state index in [1.54, 1.807) is 11.3 Å². The molecule has 0 fully saturated rings. The number of hydrogen-bond acceptors (Lipinski definition) is 3. The van der Waals surface area contributed by atoms with E-state index in [1.807, 2.05) is 6.92 Å². The van der Waals surface area contributed by atoms with E-state index in [4.69, 9.17) is 0 Å². The van der Waals surface area contributed by atoms with Gasteiger partial charge in [-0.2, -0.15) is 0 Å². The largest absolute Gasteiger partial charge is 0.354 e. The van der Waals surface area contributed by atoms with Crippen LogP contribution in [0, 0.1) is 0 Å². The van der Waals surface area contributed by atoms with Gasteiger partial charge in [-0.25, -0.2) is 0 Å². The Morgan fingerprint density at radius 1 is 1.59 bits per heavy atom. The zero-order valence-electron chi connectivity index (χ0n) is 10.3. The fraction of sp³-hybridized carbons (Fsp3) is 0.583. The Morgan fingerprint density at radius 2 is 2.35 bits per heavy atom. The molecular weight excluding hydrogens is 300 g/mol. The maximum atomic E-state index is 11.5. The summed E-state index contributed by atoms with van der Waals surface area (Å²) in [4.78, 5) is 11.5. The predicted molar refractivity (Wildman–Crippen MR) is 76.2 cm³/mol. The van der Waals surface area contributed by atoms with Crippen LogP contribution in [0.5, 0.6) is 0 Å². The van der Waals surface area contributed by atoms with Crippen LogP contribution < -0.4 is 10.6 Å². The van der Waals surface area contributed by atoms with Crippen molar-refractivity contribution in [1.82, 2.24) is 10.6 Å². The molecule has 0 aliphatic carbocycles. The number of carbonyl (C=O) groups excluding carboxylic acids is 1. The van der Waals surface area contributed by atoms with E-state index in [0.717, 1.165) is 23.3 Å². The fourth-order valence-electron chi connectivity index (χ4n) is 1.32. The number of amides is 1. The van der Waals surface area contributed by atoms with Gasteiger partial charge < -0.3 is 10.6 Å². The molecule has 0 spiro atoms. The Morgan fingerprint density at radius 3 is 2.94 bits per heavy atom. The van der Waals surface area contributed by atoms with Crippen LogP contribution in [0.15, 0.2) is 15.2 Å². The molecule has 0 radical (unpaired) electrons. The van der Waals surface area contributed by atoms with E-state index in [9.17, 15) is 4.79 Å². The number of rotatable bonds is 7. The molecule has 1 atom stereocenters. The first-order valence-corrected chi connectivity index (χ1v) is 7.52. The molecule has 3 nitrogen and oxygen atoms in total. The van der Waals surface area contributed by atoms with Crippen molar-refractivity contribution in [3.8, 4) is 0 Å². The molecule has 1 heterocycles. The number of carbonyl (C=O) groups is 1. The number of hydrogen-bond donors (Lipinski definition) is 2. The van der Waals surface area contributed by atoms with Gasteiger partial charge in [0.25, 0.3) is 0 Å². The minimum Gasteiger partial charge on any atom is -0.354 e. The molecule has 1 aromatic heterocycles. The molecule has 17 heavy (non-hydrogen) atoms.